The minimum atomic E-state index is -0.221. The minimum absolute atomic E-state index is 0.166. The first-order valence-corrected chi connectivity index (χ1v) is 6.81. The summed E-state index contributed by atoms with van der Waals surface area (Å²) < 4.78 is 0. The zero-order valence-electron chi connectivity index (χ0n) is 9.65. The summed E-state index contributed by atoms with van der Waals surface area (Å²) in [6, 6.07) is 1.57. The van der Waals surface area contributed by atoms with Crippen LogP contribution in [0.3, 0.4) is 0 Å². The molecule has 0 aromatic carbocycles. The van der Waals surface area contributed by atoms with Gasteiger partial charge >= 0.3 is 0 Å². The lowest BCUT2D eigenvalue weighted by atomic mass is 10.0. The van der Waals surface area contributed by atoms with E-state index in [4.69, 9.17) is 0 Å². The molecule has 1 N–H and O–H groups in total. The summed E-state index contributed by atoms with van der Waals surface area (Å²) in [4.78, 5) is 28.5. The van der Waals surface area contributed by atoms with Gasteiger partial charge in [0.2, 0.25) is 0 Å². The summed E-state index contributed by atoms with van der Waals surface area (Å²) in [6.07, 6.45) is 4.01. The molecule has 17 heavy (non-hydrogen) atoms. The molecule has 0 radical (unpaired) electrons. The van der Waals surface area contributed by atoms with E-state index >= 15 is 0 Å². The molecule has 0 spiro atoms. The van der Waals surface area contributed by atoms with Crippen molar-refractivity contribution in [2.24, 2.45) is 5.92 Å². The summed E-state index contributed by atoms with van der Waals surface area (Å²) >= 11 is 3.44. The molecular formula is C12H15BrN2O2. The first-order valence-electron chi connectivity index (χ1n) is 5.69. The van der Waals surface area contributed by atoms with Crippen molar-refractivity contribution in [3.05, 3.63) is 34.2 Å². The van der Waals surface area contributed by atoms with Crippen molar-refractivity contribution >= 4 is 21.8 Å². The molecule has 2 atom stereocenters. The Morgan fingerprint density at radius 1 is 1.65 bits per heavy atom. The lowest BCUT2D eigenvalue weighted by Crippen LogP contribution is -2.40. The molecule has 2 unspecified atom stereocenters. The maximum Gasteiger partial charge on any atom is 0.259 e. The van der Waals surface area contributed by atoms with Gasteiger partial charge in [0.1, 0.15) is 5.56 Å². The van der Waals surface area contributed by atoms with Crippen molar-refractivity contribution in [1.82, 2.24) is 9.88 Å². The van der Waals surface area contributed by atoms with E-state index in [2.05, 4.69) is 27.8 Å². The van der Waals surface area contributed by atoms with E-state index in [9.17, 15) is 9.59 Å². The molecule has 1 aliphatic heterocycles. The number of pyridine rings is 1. The standard InChI is InChI=1S/C12H15BrN2O2/c1-8-3-5-15(10(8)6-13)12(17)9-7-14-4-2-11(9)16/h2,4,7-8,10H,3,5-6H2,1H3,(H,14,16). The first-order chi connectivity index (χ1) is 8.15. The minimum Gasteiger partial charge on any atom is -0.367 e. The Kier molecular flexibility index (Phi) is 3.66. The van der Waals surface area contributed by atoms with Crippen LogP contribution in [0.5, 0.6) is 0 Å². The van der Waals surface area contributed by atoms with E-state index in [0.29, 0.717) is 5.92 Å². The van der Waals surface area contributed by atoms with Gasteiger partial charge in [-0.25, -0.2) is 0 Å². The maximum atomic E-state index is 12.3. The highest BCUT2D eigenvalue weighted by atomic mass is 79.9. The van der Waals surface area contributed by atoms with Gasteiger partial charge in [-0.15, -0.1) is 0 Å². The molecule has 1 amide bonds. The van der Waals surface area contributed by atoms with E-state index in [1.165, 1.54) is 18.5 Å². The second-order valence-corrected chi connectivity index (χ2v) is 5.06. The quantitative estimate of drug-likeness (QED) is 0.844. The molecule has 1 aromatic heterocycles. The van der Waals surface area contributed by atoms with Crippen molar-refractivity contribution in [3.63, 3.8) is 0 Å². The Morgan fingerprint density at radius 3 is 3.06 bits per heavy atom. The number of carbonyl (C=O) groups excluding carboxylic acids is 1. The fourth-order valence-electron chi connectivity index (χ4n) is 2.23. The summed E-state index contributed by atoms with van der Waals surface area (Å²) in [6.45, 7) is 2.86. The number of carbonyl (C=O) groups is 1. The van der Waals surface area contributed by atoms with E-state index in [0.717, 1.165) is 18.3 Å². The number of rotatable bonds is 2. The number of alkyl halides is 1. The number of halogens is 1. The zero-order valence-corrected chi connectivity index (χ0v) is 11.2. The highest BCUT2D eigenvalue weighted by Gasteiger charge is 2.34. The third-order valence-corrected chi connectivity index (χ3v) is 4.02. The van der Waals surface area contributed by atoms with Gasteiger partial charge in [-0.2, -0.15) is 0 Å². The van der Waals surface area contributed by atoms with Crippen LogP contribution in [0.15, 0.2) is 23.3 Å². The Balaban J connectivity index is 2.27. The van der Waals surface area contributed by atoms with Gasteiger partial charge in [-0.1, -0.05) is 22.9 Å². The van der Waals surface area contributed by atoms with E-state index < -0.39 is 0 Å². The van der Waals surface area contributed by atoms with Gasteiger partial charge < -0.3 is 9.88 Å². The van der Waals surface area contributed by atoms with Crippen LogP contribution < -0.4 is 5.43 Å². The average Bonchev–Trinajstić information content (AvgIpc) is 2.70. The maximum absolute atomic E-state index is 12.3. The Morgan fingerprint density at radius 2 is 2.41 bits per heavy atom. The lowest BCUT2D eigenvalue weighted by Gasteiger charge is -2.25. The van der Waals surface area contributed by atoms with E-state index in [-0.39, 0.29) is 22.9 Å². The van der Waals surface area contributed by atoms with Crippen molar-refractivity contribution in [2.45, 2.75) is 19.4 Å². The smallest absolute Gasteiger partial charge is 0.259 e. The number of aromatic amines is 1. The van der Waals surface area contributed by atoms with Gasteiger partial charge in [0.05, 0.1) is 0 Å². The summed E-state index contributed by atoms with van der Waals surface area (Å²) in [5, 5.41) is 0.755. The van der Waals surface area contributed by atoms with Crippen LogP contribution in [-0.2, 0) is 0 Å². The molecular weight excluding hydrogens is 284 g/mol. The topological polar surface area (TPSA) is 53.2 Å². The summed E-state index contributed by atoms with van der Waals surface area (Å²) in [7, 11) is 0. The predicted molar refractivity (Wildman–Crippen MR) is 69.5 cm³/mol. The molecule has 1 aromatic rings. The van der Waals surface area contributed by atoms with E-state index in [1.54, 1.807) is 4.90 Å². The molecule has 2 heterocycles. The Labute approximate surface area is 108 Å². The fraction of sp³-hybridized carbons (Fsp3) is 0.500. The molecule has 0 saturated carbocycles. The predicted octanol–water partition coefficient (Wildman–Crippen LogP) is 1.62. The number of likely N-dealkylation sites (tertiary alicyclic amines) is 1. The number of aromatic nitrogens is 1. The molecule has 2 rings (SSSR count). The normalized spacial score (nSPS) is 24.0. The zero-order chi connectivity index (χ0) is 12.4. The second-order valence-electron chi connectivity index (χ2n) is 4.41. The van der Waals surface area contributed by atoms with Crippen molar-refractivity contribution in [2.75, 3.05) is 11.9 Å². The number of H-pyrrole nitrogens is 1. The van der Waals surface area contributed by atoms with Crippen molar-refractivity contribution in [1.29, 1.82) is 0 Å². The van der Waals surface area contributed by atoms with Crippen LogP contribution in [0.1, 0.15) is 23.7 Å². The van der Waals surface area contributed by atoms with Crippen LogP contribution in [0.25, 0.3) is 0 Å². The van der Waals surface area contributed by atoms with Crippen molar-refractivity contribution < 1.29 is 4.79 Å². The van der Waals surface area contributed by atoms with E-state index in [1.807, 2.05) is 0 Å². The van der Waals surface area contributed by atoms with Gasteiger partial charge in [0.15, 0.2) is 5.43 Å². The molecule has 0 aliphatic carbocycles. The van der Waals surface area contributed by atoms with Crippen LogP contribution in [0, 0.1) is 5.92 Å². The molecule has 0 bridgehead atoms. The number of hydrogen-bond acceptors (Lipinski definition) is 2. The first kappa shape index (κ1) is 12.4. The fourth-order valence-corrected chi connectivity index (χ4v) is 3.22. The van der Waals surface area contributed by atoms with Gasteiger partial charge in [0.25, 0.3) is 5.91 Å². The monoisotopic (exact) mass is 298 g/mol. The largest absolute Gasteiger partial charge is 0.367 e. The molecule has 5 heteroatoms. The highest BCUT2D eigenvalue weighted by molar-refractivity contribution is 9.09. The van der Waals surface area contributed by atoms with Crippen LogP contribution in [-0.4, -0.2) is 33.7 Å². The summed E-state index contributed by atoms with van der Waals surface area (Å²) in [5.74, 6) is 0.307. The summed E-state index contributed by atoms with van der Waals surface area (Å²) in [5.41, 5.74) is 0.00850. The molecule has 1 aliphatic rings. The molecule has 4 nitrogen and oxygen atoms in total. The Hall–Kier alpha value is -1.10. The van der Waals surface area contributed by atoms with Crippen LogP contribution >= 0.6 is 15.9 Å². The third-order valence-electron chi connectivity index (χ3n) is 3.36. The van der Waals surface area contributed by atoms with Gasteiger partial charge in [0, 0.05) is 36.4 Å². The molecule has 1 fully saturated rings. The number of nitrogens with one attached hydrogen (secondary N) is 1. The van der Waals surface area contributed by atoms with Crippen LogP contribution in [0.2, 0.25) is 0 Å². The van der Waals surface area contributed by atoms with Gasteiger partial charge in [-0.05, 0) is 12.3 Å². The number of amides is 1. The van der Waals surface area contributed by atoms with Crippen molar-refractivity contribution in [3.8, 4) is 0 Å². The molecule has 92 valence electrons. The Bertz CT molecular complexity index is 472. The second kappa shape index (κ2) is 5.04. The SMILES string of the molecule is CC1CCN(C(=O)c2c[nH]ccc2=O)C1CBr. The highest BCUT2D eigenvalue weighted by Crippen LogP contribution is 2.26. The van der Waals surface area contributed by atoms with Gasteiger partial charge in [-0.3, -0.25) is 9.59 Å². The third kappa shape index (κ3) is 2.29. The number of hydrogen-bond donors (Lipinski definition) is 1. The lowest BCUT2D eigenvalue weighted by molar-refractivity contribution is 0.0737. The molecule has 1 saturated heterocycles. The van der Waals surface area contributed by atoms with Crippen LogP contribution in [0.4, 0.5) is 0 Å². The average molecular weight is 299 g/mol. The number of nitrogens with zero attached hydrogens (tertiary/aromatic N) is 1.